The Morgan fingerprint density at radius 2 is 2.10 bits per heavy atom. The van der Waals surface area contributed by atoms with Gasteiger partial charge in [0.05, 0.1) is 18.1 Å². The van der Waals surface area contributed by atoms with Crippen molar-refractivity contribution in [2.24, 2.45) is 0 Å². The molecule has 20 heavy (non-hydrogen) atoms. The average molecular weight is 276 g/mol. The summed E-state index contributed by atoms with van der Waals surface area (Å²) in [6.45, 7) is 0.363. The Hall–Kier alpha value is -2.63. The van der Waals surface area contributed by atoms with Crippen LogP contribution in [0.4, 0.5) is 15.8 Å². The molecule has 0 aliphatic rings. The monoisotopic (exact) mass is 276 g/mol. The number of benzene rings is 2. The number of ether oxygens (including phenoxy) is 1. The van der Waals surface area contributed by atoms with Crippen molar-refractivity contribution in [1.82, 2.24) is 0 Å². The standard InChI is InChI=1S/C14H13FN2O3/c1-20-14-7-12(6-13(8-14)17(18)19)16-9-10-3-2-4-11(15)5-10/h2-8,16H,9H2,1H3. The van der Waals surface area contributed by atoms with E-state index in [-0.39, 0.29) is 11.5 Å². The molecule has 0 aromatic heterocycles. The summed E-state index contributed by atoms with van der Waals surface area (Å²) in [5.41, 5.74) is 1.22. The molecule has 6 heteroatoms. The highest BCUT2D eigenvalue weighted by Crippen LogP contribution is 2.26. The van der Waals surface area contributed by atoms with Gasteiger partial charge in [0.2, 0.25) is 0 Å². The van der Waals surface area contributed by atoms with E-state index in [1.165, 1.54) is 31.4 Å². The minimum atomic E-state index is -0.490. The summed E-state index contributed by atoms with van der Waals surface area (Å²) >= 11 is 0. The third kappa shape index (κ3) is 3.44. The fraction of sp³-hybridized carbons (Fsp3) is 0.143. The van der Waals surface area contributed by atoms with E-state index in [4.69, 9.17) is 4.74 Å². The predicted molar refractivity (Wildman–Crippen MR) is 73.4 cm³/mol. The van der Waals surface area contributed by atoms with Gasteiger partial charge < -0.3 is 10.1 Å². The molecule has 0 aliphatic heterocycles. The summed E-state index contributed by atoms with van der Waals surface area (Å²) in [6.07, 6.45) is 0. The zero-order valence-corrected chi connectivity index (χ0v) is 10.8. The summed E-state index contributed by atoms with van der Waals surface area (Å²) in [7, 11) is 1.44. The number of rotatable bonds is 5. The van der Waals surface area contributed by atoms with E-state index in [1.807, 2.05) is 0 Å². The molecule has 0 aliphatic carbocycles. The van der Waals surface area contributed by atoms with Crippen LogP contribution in [0, 0.1) is 15.9 Å². The molecular weight excluding hydrogens is 263 g/mol. The lowest BCUT2D eigenvalue weighted by atomic mass is 10.2. The Kier molecular flexibility index (Phi) is 4.14. The van der Waals surface area contributed by atoms with E-state index in [0.717, 1.165) is 5.56 Å². The Balaban J connectivity index is 2.16. The molecule has 5 nitrogen and oxygen atoms in total. The molecule has 0 saturated heterocycles. The van der Waals surface area contributed by atoms with Gasteiger partial charge in [0.15, 0.2) is 0 Å². The number of halogens is 1. The summed E-state index contributed by atoms with van der Waals surface area (Å²) < 4.78 is 18.1. The first kappa shape index (κ1) is 13.8. The van der Waals surface area contributed by atoms with Crippen LogP contribution in [0.2, 0.25) is 0 Å². The van der Waals surface area contributed by atoms with Gasteiger partial charge in [0.1, 0.15) is 11.6 Å². The van der Waals surface area contributed by atoms with Crippen molar-refractivity contribution in [2.45, 2.75) is 6.54 Å². The number of hydrogen-bond donors (Lipinski definition) is 1. The van der Waals surface area contributed by atoms with Crippen molar-refractivity contribution in [1.29, 1.82) is 0 Å². The molecule has 0 unspecified atom stereocenters. The lowest BCUT2D eigenvalue weighted by molar-refractivity contribution is -0.384. The lowest BCUT2D eigenvalue weighted by Crippen LogP contribution is -2.01. The Morgan fingerprint density at radius 1 is 1.30 bits per heavy atom. The van der Waals surface area contributed by atoms with E-state index < -0.39 is 4.92 Å². The summed E-state index contributed by atoms with van der Waals surface area (Å²) in [5.74, 6) is 0.0712. The molecule has 2 aromatic rings. The van der Waals surface area contributed by atoms with Crippen LogP contribution in [0.15, 0.2) is 42.5 Å². The van der Waals surface area contributed by atoms with Crippen molar-refractivity contribution >= 4 is 11.4 Å². The molecule has 2 aromatic carbocycles. The van der Waals surface area contributed by atoms with E-state index in [0.29, 0.717) is 18.0 Å². The smallest absolute Gasteiger partial charge is 0.275 e. The van der Waals surface area contributed by atoms with Gasteiger partial charge in [-0.15, -0.1) is 0 Å². The topological polar surface area (TPSA) is 64.4 Å². The number of anilines is 1. The van der Waals surface area contributed by atoms with Gasteiger partial charge in [0.25, 0.3) is 5.69 Å². The van der Waals surface area contributed by atoms with Crippen molar-refractivity contribution in [2.75, 3.05) is 12.4 Å². The number of nitrogens with zero attached hydrogens (tertiary/aromatic N) is 1. The van der Waals surface area contributed by atoms with Crippen LogP contribution >= 0.6 is 0 Å². The van der Waals surface area contributed by atoms with Crippen LogP contribution < -0.4 is 10.1 Å². The second kappa shape index (κ2) is 6.01. The zero-order chi connectivity index (χ0) is 14.5. The highest BCUT2D eigenvalue weighted by atomic mass is 19.1. The molecule has 0 radical (unpaired) electrons. The van der Waals surface area contributed by atoms with Crippen molar-refractivity contribution in [3.63, 3.8) is 0 Å². The van der Waals surface area contributed by atoms with Gasteiger partial charge in [-0.3, -0.25) is 10.1 Å². The largest absolute Gasteiger partial charge is 0.496 e. The molecule has 0 amide bonds. The summed E-state index contributed by atoms with van der Waals surface area (Å²) in [5, 5.41) is 13.8. The maximum atomic E-state index is 13.0. The minimum absolute atomic E-state index is 0.0638. The number of nitro groups is 1. The maximum absolute atomic E-state index is 13.0. The maximum Gasteiger partial charge on any atom is 0.275 e. The first-order valence-corrected chi connectivity index (χ1v) is 5.90. The lowest BCUT2D eigenvalue weighted by Gasteiger charge is -2.08. The third-order valence-electron chi connectivity index (χ3n) is 2.72. The quantitative estimate of drug-likeness (QED) is 0.671. The molecule has 0 atom stereocenters. The number of hydrogen-bond acceptors (Lipinski definition) is 4. The second-order valence-electron chi connectivity index (χ2n) is 4.16. The van der Waals surface area contributed by atoms with Crippen LogP contribution in [0.5, 0.6) is 5.75 Å². The van der Waals surface area contributed by atoms with E-state index in [1.54, 1.807) is 18.2 Å². The molecule has 1 N–H and O–H groups in total. The average Bonchev–Trinajstić information content (AvgIpc) is 2.45. The highest BCUT2D eigenvalue weighted by Gasteiger charge is 2.10. The first-order chi connectivity index (χ1) is 9.58. The van der Waals surface area contributed by atoms with Crippen LogP contribution in [0.3, 0.4) is 0 Å². The van der Waals surface area contributed by atoms with Crippen LogP contribution in [-0.4, -0.2) is 12.0 Å². The SMILES string of the molecule is COc1cc(NCc2cccc(F)c2)cc([N+](=O)[O-])c1. The Bertz CT molecular complexity index is 632. The number of non-ortho nitro benzene ring substituents is 1. The van der Waals surface area contributed by atoms with Crippen LogP contribution in [-0.2, 0) is 6.54 Å². The van der Waals surface area contributed by atoms with Gasteiger partial charge in [-0.05, 0) is 17.7 Å². The van der Waals surface area contributed by atoms with E-state index in [2.05, 4.69) is 5.32 Å². The molecule has 2 rings (SSSR count). The Labute approximate surface area is 115 Å². The predicted octanol–water partition coefficient (Wildman–Crippen LogP) is 3.35. The molecule has 0 saturated carbocycles. The number of methoxy groups -OCH3 is 1. The van der Waals surface area contributed by atoms with Gasteiger partial charge in [-0.1, -0.05) is 12.1 Å². The van der Waals surface area contributed by atoms with Gasteiger partial charge in [-0.25, -0.2) is 4.39 Å². The summed E-state index contributed by atoms with van der Waals surface area (Å²) in [6, 6.07) is 10.5. The van der Waals surface area contributed by atoms with E-state index >= 15 is 0 Å². The third-order valence-corrected chi connectivity index (χ3v) is 2.72. The van der Waals surface area contributed by atoms with Crippen molar-refractivity contribution in [3.05, 3.63) is 64.0 Å². The van der Waals surface area contributed by atoms with Crippen molar-refractivity contribution in [3.8, 4) is 5.75 Å². The molecule has 0 heterocycles. The molecule has 0 fully saturated rings. The molecule has 104 valence electrons. The first-order valence-electron chi connectivity index (χ1n) is 5.90. The summed E-state index contributed by atoms with van der Waals surface area (Å²) in [4.78, 5) is 10.3. The normalized spacial score (nSPS) is 10.1. The van der Waals surface area contributed by atoms with Gasteiger partial charge >= 0.3 is 0 Å². The fourth-order valence-electron chi connectivity index (χ4n) is 1.76. The van der Waals surface area contributed by atoms with E-state index in [9.17, 15) is 14.5 Å². The highest BCUT2D eigenvalue weighted by molar-refractivity contribution is 5.56. The zero-order valence-electron chi connectivity index (χ0n) is 10.8. The molecule has 0 bridgehead atoms. The number of nitrogens with one attached hydrogen (secondary N) is 1. The van der Waals surface area contributed by atoms with Gasteiger partial charge in [-0.2, -0.15) is 0 Å². The van der Waals surface area contributed by atoms with Crippen molar-refractivity contribution < 1.29 is 14.1 Å². The Morgan fingerprint density at radius 3 is 2.75 bits per heavy atom. The van der Waals surface area contributed by atoms with Gasteiger partial charge in [0, 0.05) is 24.4 Å². The molecular formula is C14H13FN2O3. The van der Waals surface area contributed by atoms with Crippen LogP contribution in [0.1, 0.15) is 5.56 Å². The fourth-order valence-corrected chi connectivity index (χ4v) is 1.76. The minimum Gasteiger partial charge on any atom is -0.496 e. The van der Waals surface area contributed by atoms with Crippen LogP contribution in [0.25, 0.3) is 0 Å². The second-order valence-corrected chi connectivity index (χ2v) is 4.16. The number of nitro benzene ring substituents is 1. The molecule has 0 spiro atoms.